The largest absolute Gasteiger partial charge is 2.00 e. The van der Waals surface area contributed by atoms with Crippen molar-refractivity contribution in [2.75, 3.05) is 0 Å². The first-order valence-corrected chi connectivity index (χ1v) is 16.5. The van der Waals surface area contributed by atoms with Gasteiger partial charge in [0, 0.05) is 10.8 Å². The summed E-state index contributed by atoms with van der Waals surface area (Å²) in [6.07, 6.45) is 23.3. The standard InChI is InChI=1S/C35H44N2S2.Pt/c1-9-13-25(11-3)29-17-15-27(19-29)23(5)33-36-31(21-38-33)35(7,8)32-22-39-34(37-32)24(6)28-16-18-30(20-28)26(12-4)14-10-2;/h17-22,25-26H,9-14H2,1-8H3;/q-2;+2. The minimum atomic E-state index is -0.269. The van der Waals surface area contributed by atoms with Crippen LogP contribution in [0.15, 0.2) is 57.4 Å². The molecule has 5 heteroatoms. The Morgan fingerprint density at radius 1 is 0.750 bits per heavy atom. The van der Waals surface area contributed by atoms with Gasteiger partial charge in [-0.05, 0) is 13.8 Å². The molecule has 0 N–H and O–H groups in total. The van der Waals surface area contributed by atoms with Crippen LogP contribution in [0.2, 0.25) is 0 Å². The number of rotatable bonds is 12. The molecule has 2 nitrogen and oxygen atoms in total. The van der Waals surface area contributed by atoms with Crippen molar-refractivity contribution in [1.82, 2.24) is 9.97 Å². The molecule has 2 aliphatic carbocycles. The number of hydrogen-bond donors (Lipinski definition) is 0. The smallest absolute Gasteiger partial charge is 0.251 e. The fraction of sp³-hybridized carbons (Fsp3) is 0.486. The van der Waals surface area contributed by atoms with Crippen LogP contribution in [-0.2, 0) is 26.5 Å². The minimum absolute atomic E-state index is 0. The van der Waals surface area contributed by atoms with E-state index in [0.717, 1.165) is 21.4 Å². The minimum Gasteiger partial charge on any atom is -0.251 e. The molecular weight excluding hydrogens is 708 g/mol. The van der Waals surface area contributed by atoms with E-state index in [-0.39, 0.29) is 26.5 Å². The fourth-order valence-electron chi connectivity index (χ4n) is 5.46. The molecule has 0 radical (unpaired) electrons. The predicted octanol–water partition coefficient (Wildman–Crippen LogP) is 10.7. The molecule has 4 rings (SSSR count). The van der Waals surface area contributed by atoms with E-state index < -0.39 is 0 Å². The number of hydrogen-bond acceptors (Lipinski definition) is 4. The van der Waals surface area contributed by atoms with E-state index in [1.54, 1.807) is 22.7 Å². The summed E-state index contributed by atoms with van der Waals surface area (Å²) in [6.45, 7) is 17.9. The summed E-state index contributed by atoms with van der Waals surface area (Å²) in [6, 6.07) is 0. The van der Waals surface area contributed by atoms with E-state index in [0.29, 0.717) is 11.8 Å². The SMILES string of the molecule is CCCC(CC)C1=CC(=C(C)c2nc(C(C)(C)c3csc(C(C)=C4[C-]=CC(C(CC)CCC)=C4)n3)cs2)[C-]=C1.[Pt+2]. The molecule has 0 spiro atoms. The number of allylic oxidation sites excluding steroid dienone is 12. The summed E-state index contributed by atoms with van der Waals surface area (Å²) < 4.78 is 0. The van der Waals surface area contributed by atoms with Gasteiger partial charge < -0.3 is 0 Å². The molecule has 0 saturated carbocycles. The zero-order chi connectivity index (χ0) is 28.2. The van der Waals surface area contributed by atoms with Crippen LogP contribution in [0.1, 0.15) is 115 Å². The van der Waals surface area contributed by atoms with Crippen LogP contribution in [0.5, 0.6) is 0 Å². The second kappa shape index (κ2) is 14.5. The van der Waals surface area contributed by atoms with Crippen molar-refractivity contribution in [3.05, 3.63) is 90.9 Å². The molecule has 0 bridgehead atoms. The van der Waals surface area contributed by atoms with Gasteiger partial charge in [-0.1, -0.05) is 103 Å². The Kier molecular flexibility index (Phi) is 11.9. The van der Waals surface area contributed by atoms with E-state index in [1.807, 2.05) is 0 Å². The molecule has 2 aliphatic rings. The molecular formula is C35H44N2PtS2. The van der Waals surface area contributed by atoms with Gasteiger partial charge in [-0.2, -0.15) is 46.6 Å². The maximum Gasteiger partial charge on any atom is 2.00 e. The van der Waals surface area contributed by atoms with Crippen molar-refractivity contribution in [1.29, 1.82) is 0 Å². The van der Waals surface area contributed by atoms with E-state index in [4.69, 9.17) is 9.97 Å². The summed E-state index contributed by atoms with van der Waals surface area (Å²) in [5.41, 5.74) is 9.48. The second-order valence-corrected chi connectivity index (χ2v) is 13.1. The summed E-state index contributed by atoms with van der Waals surface area (Å²) in [5, 5.41) is 6.56. The summed E-state index contributed by atoms with van der Waals surface area (Å²) in [7, 11) is 0. The van der Waals surface area contributed by atoms with Crippen LogP contribution in [0.4, 0.5) is 0 Å². The van der Waals surface area contributed by atoms with E-state index in [9.17, 15) is 0 Å². The van der Waals surface area contributed by atoms with Crippen LogP contribution in [-0.4, -0.2) is 9.97 Å². The Morgan fingerprint density at radius 2 is 1.15 bits per heavy atom. The van der Waals surface area contributed by atoms with E-state index in [2.05, 4.69) is 103 Å². The molecule has 0 fully saturated rings. The van der Waals surface area contributed by atoms with E-state index >= 15 is 0 Å². The molecule has 0 saturated heterocycles. The molecule has 2 heterocycles. The van der Waals surface area contributed by atoms with Gasteiger partial charge in [0.25, 0.3) is 0 Å². The van der Waals surface area contributed by atoms with Crippen LogP contribution in [0.25, 0.3) is 11.1 Å². The number of thiazole rings is 2. The van der Waals surface area contributed by atoms with Crippen molar-refractivity contribution < 1.29 is 21.1 Å². The molecule has 216 valence electrons. The Morgan fingerprint density at radius 3 is 1.50 bits per heavy atom. The van der Waals surface area contributed by atoms with Crippen LogP contribution in [0, 0.1) is 24.0 Å². The maximum atomic E-state index is 5.12. The molecule has 0 aliphatic heterocycles. The molecule has 0 amide bonds. The first-order chi connectivity index (χ1) is 18.7. The first kappa shape index (κ1) is 32.9. The summed E-state index contributed by atoms with van der Waals surface area (Å²) in [5.74, 6) is 1.25. The van der Waals surface area contributed by atoms with Gasteiger partial charge in [0.15, 0.2) is 0 Å². The fourth-order valence-corrected chi connectivity index (χ4v) is 7.48. The number of nitrogens with zero attached hydrogens (tertiary/aromatic N) is 2. The summed E-state index contributed by atoms with van der Waals surface area (Å²) >= 11 is 3.45. The third-order valence-electron chi connectivity index (χ3n) is 8.35. The van der Waals surface area contributed by atoms with Gasteiger partial charge in [0.05, 0.1) is 26.8 Å². The average Bonchev–Trinajstić information content (AvgIpc) is 3.75. The molecule has 2 aromatic rings. The van der Waals surface area contributed by atoms with Gasteiger partial charge in [-0.15, -0.1) is 34.8 Å². The van der Waals surface area contributed by atoms with Crippen molar-refractivity contribution in [3.63, 3.8) is 0 Å². The van der Waals surface area contributed by atoms with Crippen molar-refractivity contribution >= 4 is 33.8 Å². The van der Waals surface area contributed by atoms with E-state index in [1.165, 1.54) is 72.0 Å². The Hall–Kier alpha value is -1.61. The van der Waals surface area contributed by atoms with Gasteiger partial charge >= 0.3 is 21.1 Å². The van der Waals surface area contributed by atoms with Gasteiger partial charge in [0.2, 0.25) is 0 Å². The Labute approximate surface area is 265 Å². The number of aromatic nitrogens is 2. The molecule has 2 unspecified atom stereocenters. The third kappa shape index (κ3) is 7.05. The van der Waals surface area contributed by atoms with Crippen molar-refractivity contribution in [2.24, 2.45) is 11.8 Å². The zero-order valence-corrected chi connectivity index (χ0v) is 29.3. The van der Waals surface area contributed by atoms with Crippen LogP contribution < -0.4 is 0 Å². The molecule has 0 aromatic carbocycles. The topological polar surface area (TPSA) is 25.8 Å². The summed E-state index contributed by atoms with van der Waals surface area (Å²) in [4.78, 5) is 10.2. The first-order valence-electron chi connectivity index (χ1n) is 14.7. The van der Waals surface area contributed by atoms with Crippen LogP contribution >= 0.6 is 22.7 Å². The van der Waals surface area contributed by atoms with Crippen molar-refractivity contribution in [2.45, 2.75) is 99.3 Å². The van der Waals surface area contributed by atoms with Crippen LogP contribution in [0.3, 0.4) is 0 Å². The van der Waals surface area contributed by atoms with Gasteiger partial charge in [-0.3, -0.25) is 9.97 Å². The zero-order valence-electron chi connectivity index (χ0n) is 25.4. The molecule has 2 aromatic heterocycles. The van der Waals surface area contributed by atoms with Gasteiger partial charge in [0.1, 0.15) is 0 Å². The third-order valence-corrected chi connectivity index (χ3v) is 10.3. The second-order valence-electron chi connectivity index (χ2n) is 11.4. The molecule has 2 atom stereocenters. The maximum absolute atomic E-state index is 5.12. The predicted molar refractivity (Wildman–Crippen MR) is 171 cm³/mol. The monoisotopic (exact) mass is 751 g/mol. The average molecular weight is 752 g/mol. The Balaban J connectivity index is 0.00000441. The van der Waals surface area contributed by atoms with Gasteiger partial charge in [-0.25, -0.2) is 0 Å². The quantitative estimate of drug-likeness (QED) is 0.202. The van der Waals surface area contributed by atoms with Crippen molar-refractivity contribution in [3.8, 4) is 0 Å². The Bertz CT molecular complexity index is 1260. The normalized spacial score (nSPS) is 18.9. The molecule has 40 heavy (non-hydrogen) atoms.